The molecule has 0 fully saturated rings. The summed E-state index contributed by atoms with van der Waals surface area (Å²) in [4.78, 5) is 8.62. The number of fused-ring (bicyclic) bond motifs is 1. The molecule has 0 N–H and O–H groups in total. The highest BCUT2D eigenvalue weighted by atomic mass is 14.7. The van der Waals surface area contributed by atoms with Crippen molar-refractivity contribution in [3.05, 3.63) is 60.4 Å². The van der Waals surface area contributed by atoms with Crippen molar-refractivity contribution in [1.29, 1.82) is 5.26 Å². The first-order valence-electron chi connectivity index (χ1n) is 5.58. The zero-order chi connectivity index (χ0) is 12.4. The molecule has 3 nitrogen and oxygen atoms in total. The van der Waals surface area contributed by atoms with E-state index in [0.717, 1.165) is 22.2 Å². The van der Waals surface area contributed by atoms with Crippen LogP contribution < -0.4 is 0 Å². The first kappa shape index (κ1) is 10.4. The third-order valence-corrected chi connectivity index (χ3v) is 2.76. The van der Waals surface area contributed by atoms with Gasteiger partial charge in [-0.05, 0) is 18.2 Å². The van der Waals surface area contributed by atoms with Crippen molar-refractivity contribution in [2.45, 2.75) is 0 Å². The summed E-state index contributed by atoms with van der Waals surface area (Å²) in [6.07, 6.45) is 3.27. The van der Waals surface area contributed by atoms with E-state index in [2.05, 4.69) is 16.0 Å². The first-order chi connectivity index (χ1) is 8.86. The molecule has 84 valence electrons. The fraction of sp³-hybridized carbons (Fsp3) is 0. The van der Waals surface area contributed by atoms with Gasteiger partial charge in [-0.2, -0.15) is 5.26 Å². The Labute approximate surface area is 104 Å². The van der Waals surface area contributed by atoms with Crippen molar-refractivity contribution < 1.29 is 0 Å². The molecule has 0 atom stereocenters. The van der Waals surface area contributed by atoms with E-state index in [1.165, 1.54) is 0 Å². The van der Waals surface area contributed by atoms with Crippen molar-refractivity contribution in [3.63, 3.8) is 0 Å². The van der Waals surface area contributed by atoms with Gasteiger partial charge in [0.15, 0.2) is 0 Å². The minimum absolute atomic E-state index is 0.544. The Morgan fingerprint density at radius 1 is 1.00 bits per heavy atom. The molecule has 0 unspecified atom stereocenters. The lowest BCUT2D eigenvalue weighted by atomic mass is 10.1. The number of para-hydroxylation sites is 1. The molecule has 0 aliphatic heterocycles. The number of benzene rings is 1. The van der Waals surface area contributed by atoms with Crippen LogP contribution in [0.25, 0.3) is 22.2 Å². The lowest BCUT2D eigenvalue weighted by Crippen LogP contribution is -1.87. The third kappa shape index (κ3) is 1.80. The summed E-state index contributed by atoms with van der Waals surface area (Å²) in [6, 6.07) is 15.8. The van der Waals surface area contributed by atoms with E-state index in [4.69, 9.17) is 5.26 Å². The third-order valence-electron chi connectivity index (χ3n) is 2.76. The molecule has 0 bridgehead atoms. The topological polar surface area (TPSA) is 49.6 Å². The molecule has 2 heterocycles. The molecule has 3 heteroatoms. The van der Waals surface area contributed by atoms with Crippen LogP contribution in [0.15, 0.2) is 54.9 Å². The second kappa shape index (κ2) is 4.27. The molecule has 0 amide bonds. The van der Waals surface area contributed by atoms with Gasteiger partial charge < -0.3 is 0 Å². The van der Waals surface area contributed by atoms with Gasteiger partial charge >= 0.3 is 0 Å². The quantitative estimate of drug-likeness (QED) is 0.646. The maximum absolute atomic E-state index is 8.87. The molecule has 3 rings (SSSR count). The van der Waals surface area contributed by atoms with Crippen LogP contribution in [0.4, 0.5) is 0 Å². The van der Waals surface area contributed by atoms with Crippen molar-refractivity contribution in [1.82, 2.24) is 9.97 Å². The molecule has 3 aromatic rings. The smallest absolute Gasteiger partial charge is 0.101 e. The molecular formula is C15H9N3. The Bertz CT molecular complexity index is 757. The van der Waals surface area contributed by atoms with Gasteiger partial charge in [-0.15, -0.1) is 0 Å². The highest BCUT2D eigenvalue weighted by molar-refractivity contribution is 5.81. The second-order valence-electron chi connectivity index (χ2n) is 3.96. The Hall–Kier alpha value is -2.73. The van der Waals surface area contributed by atoms with Gasteiger partial charge in [0, 0.05) is 23.3 Å². The summed E-state index contributed by atoms with van der Waals surface area (Å²) in [5.41, 5.74) is 3.18. The molecule has 0 aliphatic carbocycles. The number of nitrogens with zero attached hydrogens (tertiary/aromatic N) is 3. The molecule has 0 saturated carbocycles. The molecule has 0 saturated heterocycles. The van der Waals surface area contributed by atoms with E-state index < -0.39 is 0 Å². The van der Waals surface area contributed by atoms with Gasteiger partial charge in [0.2, 0.25) is 0 Å². The van der Waals surface area contributed by atoms with Gasteiger partial charge in [-0.25, -0.2) is 4.98 Å². The number of rotatable bonds is 1. The largest absolute Gasteiger partial charge is 0.263 e. The summed E-state index contributed by atoms with van der Waals surface area (Å²) >= 11 is 0. The van der Waals surface area contributed by atoms with Gasteiger partial charge in [0.1, 0.15) is 6.07 Å². The molecular weight excluding hydrogens is 222 g/mol. The Morgan fingerprint density at radius 2 is 1.89 bits per heavy atom. The van der Waals surface area contributed by atoms with E-state index >= 15 is 0 Å². The predicted molar refractivity (Wildman–Crippen MR) is 69.7 cm³/mol. The standard InChI is InChI=1S/C15H9N3/c16-8-11-7-13(10-17-9-11)15-6-5-12-3-1-2-4-14(12)18-15/h1-7,9-10H. The van der Waals surface area contributed by atoms with E-state index in [0.29, 0.717) is 5.56 Å². The van der Waals surface area contributed by atoms with Gasteiger partial charge in [-0.3, -0.25) is 4.98 Å². The monoisotopic (exact) mass is 231 g/mol. The molecule has 0 radical (unpaired) electrons. The minimum Gasteiger partial charge on any atom is -0.263 e. The Balaban J connectivity index is 2.16. The van der Waals surface area contributed by atoms with Crippen molar-refractivity contribution in [2.24, 2.45) is 0 Å². The summed E-state index contributed by atoms with van der Waals surface area (Å²) in [7, 11) is 0. The number of pyridine rings is 2. The average Bonchev–Trinajstić information content (AvgIpc) is 2.47. The van der Waals surface area contributed by atoms with Gasteiger partial charge in [-0.1, -0.05) is 24.3 Å². The van der Waals surface area contributed by atoms with E-state index in [9.17, 15) is 0 Å². The van der Waals surface area contributed by atoms with Gasteiger partial charge in [0.25, 0.3) is 0 Å². The SMILES string of the molecule is N#Cc1cncc(-c2ccc3ccccc3n2)c1. The average molecular weight is 231 g/mol. The van der Waals surface area contributed by atoms with Crippen LogP contribution in [-0.2, 0) is 0 Å². The molecule has 2 aromatic heterocycles. The summed E-state index contributed by atoms with van der Waals surface area (Å²) in [6.45, 7) is 0. The zero-order valence-electron chi connectivity index (χ0n) is 9.54. The number of hydrogen-bond donors (Lipinski definition) is 0. The molecule has 0 aliphatic rings. The predicted octanol–water partition coefficient (Wildman–Crippen LogP) is 3.17. The zero-order valence-corrected chi connectivity index (χ0v) is 9.54. The van der Waals surface area contributed by atoms with Crippen LogP contribution in [0.3, 0.4) is 0 Å². The molecule has 0 spiro atoms. The normalized spacial score (nSPS) is 10.2. The van der Waals surface area contributed by atoms with E-state index in [-0.39, 0.29) is 0 Å². The number of nitriles is 1. The molecule has 1 aromatic carbocycles. The Kier molecular flexibility index (Phi) is 2.47. The lowest BCUT2D eigenvalue weighted by molar-refractivity contribution is 1.28. The van der Waals surface area contributed by atoms with Crippen LogP contribution in [-0.4, -0.2) is 9.97 Å². The first-order valence-corrected chi connectivity index (χ1v) is 5.58. The highest BCUT2D eigenvalue weighted by Gasteiger charge is 2.02. The summed E-state index contributed by atoms with van der Waals surface area (Å²) in [5.74, 6) is 0. The van der Waals surface area contributed by atoms with Crippen molar-refractivity contribution in [3.8, 4) is 17.3 Å². The highest BCUT2D eigenvalue weighted by Crippen LogP contribution is 2.20. The van der Waals surface area contributed by atoms with Gasteiger partial charge in [0.05, 0.1) is 16.8 Å². The lowest BCUT2D eigenvalue weighted by Gasteiger charge is -2.02. The number of hydrogen-bond acceptors (Lipinski definition) is 3. The van der Waals surface area contributed by atoms with Crippen LogP contribution in [0.2, 0.25) is 0 Å². The Morgan fingerprint density at radius 3 is 2.78 bits per heavy atom. The van der Waals surface area contributed by atoms with Crippen LogP contribution in [0, 0.1) is 11.3 Å². The van der Waals surface area contributed by atoms with E-state index in [1.807, 2.05) is 36.4 Å². The number of aromatic nitrogens is 2. The summed E-state index contributed by atoms with van der Waals surface area (Å²) < 4.78 is 0. The van der Waals surface area contributed by atoms with E-state index in [1.54, 1.807) is 18.5 Å². The fourth-order valence-electron chi connectivity index (χ4n) is 1.87. The summed E-state index contributed by atoms with van der Waals surface area (Å²) in [5, 5.41) is 9.97. The fourth-order valence-corrected chi connectivity index (χ4v) is 1.87. The maximum Gasteiger partial charge on any atom is 0.101 e. The maximum atomic E-state index is 8.87. The van der Waals surface area contributed by atoms with Crippen LogP contribution in [0.1, 0.15) is 5.56 Å². The molecule has 18 heavy (non-hydrogen) atoms. The second-order valence-corrected chi connectivity index (χ2v) is 3.96. The van der Waals surface area contributed by atoms with Crippen molar-refractivity contribution >= 4 is 10.9 Å². The minimum atomic E-state index is 0.544. The van der Waals surface area contributed by atoms with Crippen LogP contribution >= 0.6 is 0 Å². The van der Waals surface area contributed by atoms with Crippen LogP contribution in [0.5, 0.6) is 0 Å². The van der Waals surface area contributed by atoms with Crippen molar-refractivity contribution in [2.75, 3.05) is 0 Å².